The fraction of sp³-hybridized carbons (Fsp3) is 0.737. The van der Waals surface area contributed by atoms with Crippen LogP contribution in [0.3, 0.4) is 0 Å². The first-order valence-corrected chi connectivity index (χ1v) is 9.53. The summed E-state index contributed by atoms with van der Waals surface area (Å²) >= 11 is 0. The number of carboxylic acid groups (broad SMARTS) is 1. The van der Waals surface area contributed by atoms with E-state index < -0.39 is 53.4 Å². The van der Waals surface area contributed by atoms with Crippen molar-refractivity contribution < 1.29 is 48.0 Å². The number of Topliss-reactive ketones (excluding diaryl/α,β-unsaturated/α-hetero) is 1. The molecule has 0 radical (unpaired) electrons. The highest BCUT2D eigenvalue weighted by Crippen LogP contribution is 2.12. The number of carboxylic acids is 1. The molecule has 31 heavy (non-hydrogen) atoms. The summed E-state index contributed by atoms with van der Waals surface area (Å²) in [5.41, 5.74) is 4.72. The number of ketones is 1. The van der Waals surface area contributed by atoms with E-state index in [2.05, 4.69) is 14.8 Å². The van der Waals surface area contributed by atoms with Gasteiger partial charge < -0.3 is 35.1 Å². The standard InChI is InChI=1S/C19H32N2O10/c1-19(2,3)31-18(27)21-14(15(23)24)7-6-12(22)8-11(16(25)28-4)9-30-10-13(20)17(26)29-5/h11,13-14H,6-10,20H2,1-5H3,(H,21,27)(H,23,24)/t11-,13+,14+/m0/s1. The van der Waals surface area contributed by atoms with Crippen molar-refractivity contribution >= 4 is 29.8 Å². The number of nitrogens with two attached hydrogens (primary N) is 1. The van der Waals surface area contributed by atoms with Gasteiger partial charge in [-0.3, -0.25) is 14.4 Å². The van der Waals surface area contributed by atoms with Gasteiger partial charge in [0.05, 0.1) is 33.4 Å². The molecule has 0 aliphatic heterocycles. The Labute approximate surface area is 180 Å². The van der Waals surface area contributed by atoms with E-state index in [-0.39, 0.29) is 32.5 Å². The van der Waals surface area contributed by atoms with Gasteiger partial charge in [-0.2, -0.15) is 0 Å². The highest BCUT2D eigenvalue weighted by atomic mass is 16.6. The number of nitrogens with one attached hydrogen (secondary N) is 1. The van der Waals surface area contributed by atoms with Gasteiger partial charge in [-0.15, -0.1) is 0 Å². The highest BCUT2D eigenvalue weighted by Gasteiger charge is 2.27. The average molecular weight is 448 g/mol. The third-order valence-electron chi connectivity index (χ3n) is 3.83. The van der Waals surface area contributed by atoms with E-state index in [1.165, 1.54) is 7.11 Å². The Bertz CT molecular complexity index is 644. The van der Waals surface area contributed by atoms with Crippen molar-refractivity contribution in [2.45, 2.75) is 57.7 Å². The van der Waals surface area contributed by atoms with Crippen LogP contribution in [0.4, 0.5) is 4.79 Å². The molecule has 0 saturated heterocycles. The minimum Gasteiger partial charge on any atom is -0.480 e. The van der Waals surface area contributed by atoms with Gasteiger partial charge in [0.1, 0.15) is 23.5 Å². The molecule has 0 rings (SSSR count). The quantitative estimate of drug-likeness (QED) is 0.255. The molecule has 0 aliphatic carbocycles. The maximum atomic E-state index is 12.3. The van der Waals surface area contributed by atoms with E-state index in [1.54, 1.807) is 20.8 Å². The first-order chi connectivity index (χ1) is 14.3. The lowest BCUT2D eigenvalue weighted by molar-refractivity contribution is -0.150. The molecule has 0 spiro atoms. The van der Waals surface area contributed by atoms with Crippen LogP contribution in [0.5, 0.6) is 0 Å². The Balaban J connectivity index is 4.74. The molecule has 0 aromatic carbocycles. The molecule has 0 bridgehead atoms. The molecule has 3 atom stereocenters. The van der Waals surface area contributed by atoms with E-state index >= 15 is 0 Å². The van der Waals surface area contributed by atoms with Crippen LogP contribution in [0.2, 0.25) is 0 Å². The molecule has 12 nitrogen and oxygen atoms in total. The number of aliphatic carboxylic acids is 1. The number of methoxy groups -OCH3 is 2. The first-order valence-electron chi connectivity index (χ1n) is 9.53. The molecule has 0 aromatic heterocycles. The average Bonchev–Trinajstić information content (AvgIpc) is 2.67. The second-order valence-corrected chi connectivity index (χ2v) is 7.71. The van der Waals surface area contributed by atoms with Gasteiger partial charge in [0.2, 0.25) is 0 Å². The molecule has 0 fully saturated rings. The Morgan fingerprint density at radius 1 is 1.00 bits per heavy atom. The summed E-state index contributed by atoms with van der Waals surface area (Å²) in [4.78, 5) is 58.5. The normalized spacial score (nSPS) is 14.0. The van der Waals surface area contributed by atoms with Crippen LogP contribution in [0.25, 0.3) is 0 Å². The maximum absolute atomic E-state index is 12.3. The molecule has 12 heteroatoms. The van der Waals surface area contributed by atoms with Crippen molar-refractivity contribution in [2.75, 3.05) is 27.4 Å². The molecule has 0 saturated carbocycles. The van der Waals surface area contributed by atoms with E-state index in [1.807, 2.05) is 0 Å². The summed E-state index contributed by atoms with van der Waals surface area (Å²) < 4.78 is 19.3. The van der Waals surface area contributed by atoms with Crippen molar-refractivity contribution in [3.8, 4) is 0 Å². The van der Waals surface area contributed by atoms with Crippen LogP contribution in [-0.4, -0.2) is 80.0 Å². The fourth-order valence-corrected chi connectivity index (χ4v) is 2.32. The maximum Gasteiger partial charge on any atom is 0.408 e. The lowest BCUT2D eigenvalue weighted by atomic mass is 9.99. The number of carbonyl (C=O) groups excluding carboxylic acids is 4. The number of amides is 1. The summed E-state index contributed by atoms with van der Waals surface area (Å²) in [5.74, 6) is -4.13. The second-order valence-electron chi connectivity index (χ2n) is 7.71. The molecule has 0 aliphatic rings. The number of alkyl carbamates (subject to hydrolysis) is 1. The largest absolute Gasteiger partial charge is 0.480 e. The SMILES string of the molecule is COC(=O)[C@H](COC[C@@H](N)C(=O)OC)CC(=O)CC[C@@H](NC(=O)OC(C)(C)C)C(=O)O. The van der Waals surface area contributed by atoms with Crippen molar-refractivity contribution in [2.24, 2.45) is 11.7 Å². The van der Waals surface area contributed by atoms with Gasteiger partial charge in [0.25, 0.3) is 0 Å². The smallest absolute Gasteiger partial charge is 0.408 e. The zero-order valence-corrected chi connectivity index (χ0v) is 18.5. The molecule has 4 N–H and O–H groups in total. The molecular formula is C19H32N2O10. The molecular weight excluding hydrogens is 416 g/mol. The Morgan fingerprint density at radius 2 is 1.58 bits per heavy atom. The van der Waals surface area contributed by atoms with Crippen LogP contribution >= 0.6 is 0 Å². The van der Waals surface area contributed by atoms with E-state index in [9.17, 15) is 29.1 Å². The third kappa shape index (κ3) is 12.5. The van der Waals surface area contributed by atoms with Crippen LogP contribution in [0, 0.1) is 5.92 Å². The summed E-state index contributed by atoms with van der Waals surface area (Å²) in [7, 11) is 2.31. The number of hydrogen-bond acceptors (Lipinski definition) is 10. The molecule has 178 valence electrons. The van der Waals surface area contributed by atoms with Crippen molar-refractivity contribution in [1.29, 1.82) is 0 Å². The minimum absolute atomic E-state index is 0.199. The fourth-order valence-electron chi connectivity index (χ4n) is 2.32. The Hall–Kier alpha value is -2.73. The second kappa shape index (κ2) is 13.5. The van der Waals surface area contributed by atoms with Gasteiger partial charge >= 0.3 is 24.0 Å². The van der Waals surface area contributed by atoms with Crippen molar-refractivity contribution in [3.05, 3.63) is 0 Å². The number of hydrogen-bond donors (Lipinski definition) is 3. The van der Waals surface area contributed by atoms with Gasteiger partial charge in [-0.25, -0.2) is 9.59 Å². The highest BCUT2D eigenvalue weighted by molar-refractivity contribution is 5.86. The van der Waals surface area contributed by atoms with Gasteiger partial charge in [0, 0.05) is 12.8 Å². The van der Waals surface area contributed by atoms with Crippen LogP contribution < -0.4 is 11.1 Å². The summed E-state index contributed by atoms with van der Waals surface area (Å²) in [5, 5.41) is 11.4. The summed E-state index contributed by atoms with van der Waals surface area (Å²) in [6, 6.07) is -2.39. The van der Waals surface area contributed by atoms with Crippen molar-refractivity contribution in [3.63, 3.8) is 0 Å². The van der Waals surface area contributed by atoms with Crippen LogP contribution in [0.1, 0.15) is 40.0 Å². The Morgan fingerprint density at radius 3 is 2.06 bits per heavy atom. The zero-order chi connectivity index (χ0) is 24.2. The van der Waals surface area contributed by atoms with E-state index in [0.29, 0.717) is 0 Å². The van der Waals surface area contributed by atoms with Gasteiger partial charge in [0.15, 0.2) is 0 Å². The zero-order valence-electron chi connectivity index (χ0n) is 18.5. The van der Waals surface area contributed by atoms with Crippen LogP contribution in [0.15, 0.2) is 0 Å². The molecule has 1 amide bonds. The van der Waals surface area contributed by atoms with Crippen molar-refractivity contribution in [1.82, 2.24) is 5.32 Å². The van der Waals surface area contributed by atoms with Gasteiger partial charge in [-0.05, 0) is 27.2 Å². The predicted octanol–water partition coefficient (Wildman–Crippen LogP) is 0.00980. The number of rotatable bonds is 13. The van der Waals surface area contributed by atoms with E-state index in [0.717, 1.165) is 7.11 Å². The summed E-state index contributed by atoms with van der Waals surface area (Å²) in [6.07, 6.45) is -1.62. The van der Waals surface area contributed by atoms with Crippen LogP contribution in [-0.2, 0) is 38.1 Å². The number of esters is 2. The van der Waals surface area contributed by atoms with Gasteiger partial charge in [-0.1, -0.05) is 0 Å². The monoisotopic (exact) mass is 448 g/mol. The number of ether oxygens (including phenoxy) is 4. The summed E-state index contributed by atoms with van der Waals surface area (Å²) in [6.45, 7) is 4.41. The lowest BCUT2D eigenvalue weighted by Gasteiger charge is -2.22. The first kappa shape index (κ1) is 28.3. The topological polar surface area (TPSA) is 181 Å². The Kier molecular flexibility index (Phi) is 12.4. The third-order valence-corrected chi connectivity index (χ3v) is 3.83. The minimum atomic E-state index is -1.34. The predicted molar refractivity (Wildman–Crippen MR) is 106 cm³/mol. The van der Waals surface area contributed by atoms with E-state index in [4.69, 9.17) is 15.2 Å². The molecule has 0 heterocycles. The molecule has 0 unspecified atom stereocenters. The molecule has 0 aromatic rings. The lowest BCUT2D eigenvalue weighted by Crippen LogP contribution is -2.43. The number of carbonyl (C=O) groups is 5.